The Balaban J connectivity index is 1.96. The van der Waals surface area contributed by atoms with Gasteiger partial charge in [-0.3, -0.25) is 9.47 Å². The second kappa shape index (κ2) is 6.42. The molecule has 21 heavy (non-hydrogen) atoms. The van der Waals surface area contributed by atoms with Crippen LogP contribution in [0.4, 0.5) is 0 Å². The van der Waals surface area contributed by atoms with Crippen LogP contribution >= 0.6 is 0 Å². The summed E-state index contributed by atoms with van der Waals surface area (Å²) in [6.45, 7) is 1.86. The average molecular weight is 328 g/mol. The van der Waals surface area contributed by atoms with E-state index in [4.69, 9.17) is 19.3 Å². The normalized spacial score (nSPS) is 37.8. The van der Waals surface area contributed by atoms with E-state index in [0.717, 1.165) is 12.8 Å². The maximum absolute atomic E-state index is 11.4. The molecule has 2 rings (SSSR count). The number of aliphatic hydroxyl groups excluding tert-OH is 1. The van der Waals surface area contributed by atoms with Gasteiger partial charge in [0, 0.05) is 6.42 Å². The molecule has 0 saturated carbocycles. The number of hydrogen-bond acceptors (Lipinski definition) is 9. The van der Waals surface area contributed by atoms with Crippen LogP contribution in [-0.4, -0.2) is 56.5 Å². The molecule has 0 aromatic heterocycles. The summed E-state index contributed by atoms with van der Waals surface area (Å²) in [5, 5.41) is 18.9. The molecule has 9 nitrogen and oxygen atoms in total. The quantitative estimate of drug-likeness (QED) is 0.572. The van der Waals surface area contributed by atoms with E-state index in [0.29, 0.717) is 6.42 Å². The average Bonchev–Trinajstić information content (AvgIpc) is 2.56. The Bertz CT molecular complexity index is 445. The first kappa shape index (κ1) is 17.0. The molecule has 2 N–H and O–H groups in total. The summed E-state index contributed by atoms with van der Waals surface area (Å²) in [7, 11) is -4.39. The Hall–Kier alpha value is -0.330. The van der Waals surface area contributed by atoms with Crippen LogP contribution in [0.3, 0.4) is 0 Å². The Morgan fingerprint density at radius 1 is 1.24 bits per heavy atom. The molecular formula is C11H20O9S. The van der Waals surface area contributed by atoms with Crippen LogP contribution < -0.4 is 0 Å². The minimum absolute atomic E-state index is 0.00964. The first-order chi connectivity index (χ1) is 9.86. The van der Waals surface area contributed by atoms with Crippen molar-refractivity contribution in [2.45, 2.75) is 50.7 Å². The van der Waals surface area contributed by atoms with Gasteiger partial charge in [-0.2, -0.15) is 12.6 Å². The molecule has 1 spiro atoms. The summed E-state index contributed by atoms with van der Waals surface area (Å²) in [5.41, 5.74) is 0. The molecule has 10 heteroatoms. The van der Waals surface area contributed by atoms with Crippen LogP contribution in [0.25, 0.3) is 0 Å². The zero-order valence-corrected chi connectivity index (χ0v) is 12.5. The van der Waals surface area contributed by atoms with Crippen molar-refractivity contribution in [2.75, 3.05) is 19.8 Å². The Labute approximate surface area is 123 Å². The van der Waals surface area contributed by atoms with Gasteiger partial charge in [-0.1, -0.05) is 19.8 Å². The lowest BCUT2D eigenvalue weighted by molar-refractivity contribution is -0.569. The van der Waals surface area contributed by atoms with Crippen molar-refractivity contribution in [1.82, 2.24) is 0 Å². The summed E-state index contributed by atoms with van der Waals surface area (Å²) in [6, 6.07) is 0. The molecule has 0 aromatic carbocycles. The van der Waals surface area contributed by atoms with Crippen LogP contribution in [0.1, 0.15) is 32.6 Å². The van der Waals surface area contributed by atoms with Crippen LogP contribution in [-0.2, 0) is 33.0 Å². The maximum atomic E-state index is 11.4. The second-order valence-electron chi connectivity index (χ2n) is 4.84. The largest absolute Gasteiger partial charge is 0.407 e. The molecule has 0 bridgehead atoms. The van der Waals surface area contributed by atoms with Crippen molar-refractivity contribution in [3.8, 4) is 0 Å². The van der Waals surface area contributed by atoms with Crippen molar-refractivity contribution >= 4 is 10.4 Å². The van der Waals surface area contributed by atoms with Crippen LogP contribution in [0.5, 0.6) is 0 Å². The van der Waals surface area contributed by atoms with E-state index in [-0.39, 0.29) is 26.2 Å². The second-order valence-corrected chi connectivity index (χ2v) is 5.99. The molecule has 1 atom stereocenters. The number of ether oxygens (including phenoxy) is 3. The van der Waals surface area contributed by atoms with Gasteiger partial charge in [-0.15, -0.1) is 0 Å². The lowest BCUT2D eigenvalue weighted by Gasteiger charge is -2.46. The fourth-order valence-electron chi connectivity index (χ4n) is 2.14. The molecule has 2 saturated heterocycles. The van der Waals surface area contributed by atoms with Crippen molar-refractivity contribution in [2.24, 2.45) is 0 Å². The lowest BCUT2D eigenvalue weighted by Crippen LogP contribution is -2.67. The van der Waals surface area contributed by atoms with Crippen molar-refractivity contribution < 1.29 is 41.2 Å². The van der Waals surface area contributed by atoms with Gasteiger partial charge in [-0.05, 0) is 6.42 Å². The van der Waals surface area contributed by atoms with Gasteiger partial charge in [-0.25, -0.2) is 4.18 Å². The highest BCUT2D eigenvalue weighted by Gasteiger charge is 2.73. The molecule has 0 aliphatic carbocycles. The number of hydrogen-bond donors (Lipinski definition) is 2. The Morgan fingerprint density at radius 2 is 1.95 bits per heavy atom. The van der Waals surface area contributed by atoms with Crippen molar-refractivity contribution in [3.05, 3.63) is 0 Å². The third kappa shape index (κ3) is 3.54. The molecule has 2 fully saturated rings. The molecule has 1 unspecified atom stereocenters. The maximum Gasteiger partial charge on any atom is 0.407 e. The van der Waals surface area contributed by atoms with Gasteiger partial charge in [0.1, 0.15) is 0 Å². The van der Waals surface area contributed by atoms with Crippen molar-refractivity contribution in [3.63, 3.8) is 0 Å². The summed E-state index contributed by atoms with van der Waals surface area (Å²) >= 11 is 0. The first-order valence-electron chi connectivity index (χ1n) is 6.79. The predicted octanol–water partition coefficient (Wildman–Crippen LogP) is -0.418. The van der Waals surface area contributed by atoms with E-state index in [1.54, 1.807) is 0 Å². The summed E-state index contributed by atoms with van der Waals surface area (Å²) in [4.78, 5) is 0. The van der Waals surface area contributed by atoms with Gasteiger partial charge in [0.2, 0.25) is 0 Å². The molecule has 2 aliphatic rings. The number of rotatable bonds is 8. The number of aliphatic hydroxyl groups is 2. The van der Waals surface area contributed by atoms with Crippen LogP contribution in [0.2, 0.25) is 0 Å². The van der Waals surface area contributed by atoms with E-state index in [1.807, 2.05) is 6.92 Å². The summed E-state index contributed by atoms with van der Waals surface area (Å²) < 4.78 is 47.4. The van der Waals surface area contributed by atoms with Crippen LogP contribution in [0.15, 0.2) is 0 Å². The zero-order chi connectivity index (χ0) is 15.6. The number of unbranched alkanes of at least 4 members (excludes halogenated alkanes) is 2. The van der Waals surface area contributed by atoms with Gasteiger partial charge in [0.25, 0.3) is 5.79 Å². The Kier molecular flexibility index (Phi) is 5.21. The smallest absolute Gasteiger partial charge is 0.394 e. The summed E-state index contributed by atoms with van der Waals surface area (Å²) in [5.74, 6) is -4.39. The van der Waals surface area contributed by atoms with E-state index < -0.39 is 28.4 Å². The molecule has 0 radical (unpaired) electrons. The predicted molar refractivity (Wildman–Crippen MR) is 66.8 cm³/mol. The Morgan fingerprint density at radius 3 is 2.57 bits per heavy atom. The topological polar surface area (TPSA) is 121 Å². The van der Waals surface area contributed by atoms with Gasteiger partial charge < -0.3 is 14.9 Å². The SMILES string of the molecule is CCCCCC1(O)OS(=O)(=O)OC12OC(COCCO)O2. The van der Waals surface area contributed by atoms with E-state index in [9.17, 15) is 13.5 Å². The third-order valence-electron chi connectivity index (χ3n) is 3.11. The first-order valence-corrected chi connectivity index (χ1v) is 8.12. The van der Waals surface area contributed by atoms with Gasteiger partial charge in [0.15, 0.2) is 6.29 Å². The van der Waals surface area contributed by atoms with Gasteiger partial charge in [0.05, 0.1) is 19.8 Å². The van der Waals surface area contributed by atoms with Gasteiger partial charge >= 0.3 is 16.4 Å². The summed E-state index contributed by atoms with van der Waals surface area (Å²) in [6.07, 6.45) is 1.28. The fourth-order valence-corrected chi connectivity index (χ4v) is 3.17. The monoisotopic (exact) mass is 328 g/mol. The fraction of sp³-hybridized carbons (Fsp3) is 1.00. The molecule has 0 amide bonds. The minimum Gasteiger partial charge on any atom is -0.394 e. The molecule has 0 aromatic rings. The van der Waals surface area contributed by atoms with Crippen LogP contribution in [0, 0.1) is 0 Å². The molecule has 2 aliphatic heterocycles. The zero-order valence-electron chi connectivity index (χ0n) is 11.7. The molecule has 2 heterocycles. The molecule has 124 valence electrons. The highest BCUT2D eigenvalue weighted by Crippen LogP contribution is 2.49. The highest BCUT2D eigenvalue weighted by molar-refractivity contribution is 7.82. The van der Waals surface area contributed by atoms with Crippen molar-refractivity contribution in [1.29, 1.82) is 0 Å². The van der Waals surface area contributed by atoms with E-state index in [2.05, 4.69) is 8.37 Å². The minimum atomic E-state index is -4.39. The lowest BCUT2D eigenvalue weighted by atomic mass is 10.0. The molecular weight excluding hydrogens is 308 g/mol. The van der Waals surface area contributed by atoms with E-state index in [1.165, 1.54) is 0 Å². The highest BCUT2D eigenvalue weighted by atomic mass is 32.3. The standard InChI is InChI=1S/C11H20O9S/c1-2-3-4-5-10(13)11(20-21(14,15)19-10)17-9(18-11)8-16-7-6-12/h9,12-13H,2-8H2,1H3. The van der Waals surface area contributed by atoms with E-state index >= 15 is 0 Å². The third-order valence-corrected chi connectivity index (χ3v) is 4.02.